The SMILES string of the molecule is CCN(CCC(=O)OC)CC(F)(F)F. The molecule has 14 heavy (non-hydrogen) atoms. The zero-order valence-corrected chi connectivity index (χ0v) is 8.23. The van der Waals surface area contributed by atoms with Gasteiger partial charge in [-0.2, -0.15) is 13.2 Å². The van der Waals surface area contributed by atoms with Crippen molar-refractivity contribution < 1.29 is 22.7 Å². The van der Waals surface area contributed by atoms with Crippen LogP contribution < -0.4 is 0 Å². The molecule has 0 N–H and O–H groups in total. The van der Waals surface area contributed by atoms with Gasteiger partial charge in [0.1, 0.15) is 0 Å². The number of halogens is 3. The Morgan fingerprint density at radius 1 is 1.43 bits per heavy atom. The molecular formula is C8H14F3NO2. The van der Waals surface area contributed by atoms with E-state index in [4.69, 9.17) is 0 Å². The maximum atomic E-state index is 11.9. The molecule has 0 aromatic rings. The van der Waals surface area contributed by atoms with Crippen molar-refractivity contribution in [2.24, 2.45) is 0 Å². The van der Waals surface area contributed by atoms with Gasteiger partial charge in [-0.25, -0.2) is 0 Å². The van der Waals surface area contributed by atoms with Crippen LogP contribution in [0.3, 0.4) is 0 Å². The highest BCUT2D eigenvalue weighted by Gasteiger charge is 2.30. The summed E-state index contributed by atoms with van der Waals surface area (Å²) in [6, 6.07) is 0. The number of rotatable bonds is 5. The Bertz CT molecular complexity index is 182. The Kier molecular flexibility index (Phi) is 5.52. The summed E-state index contributed by atoms with van der Waals surface area (Å²) in [5, 5.41) is 0. The van der Waals surface area contributed by atoms with Crippen LogP contribution in [0.5, 0.6) is 0 Å². The first-order valence-corrected chi connectivity index (χ1v) is 4.25. The van der Waals surface area contributed by atoms with Crippen molar-refractivity contribution in [3.8, 4) is 0 Å². The van der Waals surface area contributed by atoms with Crippen LogP contribution in [-0.4, -0.2) is 43.8 Å². The Labute approximate surface area is 80.8 Å². The second-order valence-corrected chi connectivity index (χ2v) is 2.81. The first kappa shape index (κ1) is 13.2. The molecule has 0 aromatic heterocycles. The monoisotopic (exact) mass is 213 g/mol. The largest absolute Gasteiger partial charge is 0.469 e. The number of carbonyl (C=O) groups is 1. The van der Waals surface area contributed by atoms with E-state index in [0.717, 1.165) is 4.90 Å². The smallest absolute Gasteiger partial charge is 0.401 e. The van der Waals surface area contributed by atoms with Crippen LogP contribution in [0.15, 0.2) is 0 Å². The molecule has 0 aliphatic carbocycles. The number of hydrogen-bond donors (Lipinski definition) is 0. The molecule has 0 aliphatic rings. The maximum absolute atomic E-state index is 11.9. The first-order valence-electron chi connectivity index (χ1n) is 4.25. The van der Waals surface area contributed by atoms with Crippen molar-refractivity contribution in [1.29, 1.82) is 0 Å². The Morgan fingerprint density at radius 2 is 2.00 bits per heavy atom. The van der Waals surface area contributed by atoms with E-state index in [1.807, 2.05) is 0 Å². The lowest BCUT2D eigenvalue weighted by atomic mass is 10.3. The number of hydrogen-bond acceptors (Lipinski definition) is 3. The second kappa shape index (κ2) is 5.85. The highest BCUT2D eigenvalue weighted by Crippen LogP contribution is 2.16. The fourth-order valence-electron chi connectivity index (χ4n) is 0.954. The van der Waals surface area contributed by atoms with Crippen molar-refractivity contribution in [1.82, 2.24) is 4.90 Å². The predicted molar refractivity (Wildman–Crippen MR) is 44.8 cm³/mol. The predicted octanol–water partition coefficient (Wildman–Crippen LogP) is 1.43. The number of ether oxygens (including phenoxy) is 1. The molecule has 0 saturated carbocycles. The molecule has 0 heterocycles. The number of esters is 1. The minimum atomic E-state index is -4.22. The fraction of sp³-hybridized carbons (Fsp3) is 0.875. The van der Waals surface area contributed by atoms with Crippen LogP contribution in [-0.2, 0) is 9.53 Å². The summed E-state index contributed by atoms with van der Waals surface area (Å²) in [7, 11) is 1.21. The standard InChI is InChI=1S/C8H14F3NO2/c1-3-12(6-8(9,10)11)5-4-7(13)14-2/h3-6H2,1-2H3. The lowest BCUT2D eigenvalue weighted by Gasteiger charge is -2.20. The average Bonchev–Trinajstić information content (AvgIpc) is 2.09. The van der Waals surface area contributed by atoms with E-state index in [1.165, 1.54) is 7.11 Å². The van der Waals surface area contributed by atoms with Crippen LogP contribution >= 0.6 is 0 Å². The van der Waals surface area contributed by atoms with E-state index >= 15 is 0 Å². The summed E-state index contributed by atoms with van der Waals surface area (Å²) in [6.07, 6.45) is -4.23. The van der Waals surface area contributed by atoms with Gasteiger partial charge in [0.15, 0.2) is 0 Å². The summed E-state index contributed by atoms with van der Waals surface area (Å²) < 4.78 is 40.2. The van der Waals surface area contributed by atoms with Crippen molar-refractivity contribution in [3.05, 3.63) is 0 Å². The summed E-state index contributed by atoms with van der Waals surface area (Å²) >= 11 is 0. The number of methoxy groups -OCH3 is 1. The number of carbonyl (C=O) groups excluding carboxylic acids is 1. The highest BCUT2D eigenvalue weighted by molar-refractivity contribution is 5.69. The van der Waals surface area contributed by atoms with Gasteiger partial charge >= 0.3 is 12.1 Å². The third kappa shape index (κ3) is 6.71. The van der Waals surface area contributed by atoms with Crippen LogP contribution in [0.2, 0.25) is 0 Å². The third-order valence-electron chi connectivity index (χ3n) is 1.71. The van der Waals surface area contributed by atoms with E-state index in [-0.39, 0.29) is 19.5 Å². The van der Waals surface area contributed by atoms with Crippen LogP contribution in [0, 0.1) is 0 Å². The molecule has 3 nitrogen and oxygen atoms in total. The normalized spacial score (nSPS) is 11.9. The van der Waals surface area contributed by atoms with Crippen molar-refractivity contribution in [2.45, 2.75) is 19.5 Å². The minimum Gasteiger partial charge on any atom is -0.469 e. The molecule has 0 unspecified atom stereocenters. The van der Waals surface area contributed by atoms with Gasteiger partial charge < -0.3 is 4.74 Å². The highest BCUT2D eigenvalue weighted by atomic mass is 19.4. The van der Waals surface area contributed by atoms with Gasteiger partial charge in [-0.3, -0.25) is 9.69 Å². The van der Waals surface area contributed by atoms with Gasteiger partial charge in [-0.15, -0.1) is 0 Å². The molecule has 0 saturated heterocycles. The maximum Gasteiger partial charge on any atom is 0.401 e. The summed E-state index contributed by atoms with van der Waals surface area (Å²) in [5.41, 5.74) is 0. The number of nitrogens with zero attached hydrogens (tertiary/aromatic N) is 1. The van der Waals surface area contributed by atoms with E-state index in [1.54, 1.807) is 6.92 Å². The van der Waals surface area contributed by atoms with Crippen LogP contribution in [0.25, 0.3) is 0 Å². The summed E-state index contributed by atoms with van der Waals surface area (Å²) in [5.74, 6) is -0.495. The van der Waals surface area contributed by atoms with Gasteiger partial charge in [0.05, 0.1) is 20.1 Å². The molecular weight excluding hydrogens is 199 g/mol. The van der Waals surface area contributed by atoms with E-state index in [9.17, 15) is 18.0 Å². The molecule has 0 aromatic carbocycles. The average molecular weight is 213 g/mol. The third-order valence-corrected chi connectivity index (χ3v) is 1.71. The Balaban J connectivity index is 3.86. The summed E-state index contributed by atoms with van der Waals surface area (Å²) in [6.45, 7) is 0.961. The molecule has 0 aliphatic heterocycles. The van der Waals surface area contributed by atoms with Crippen molar-refractivity contribution >= 4 is 5.97 Å². The van der Waals surface area contributed by atoms with Gasteiger partial charge in [0.2, 0.25) is 0 Å². The number of alkyl halides is 3. The van der Waals surface area contributed by atoms with Gasteiger partial charge in [-0.05, 0) is 6.54 Å². The van der Waals surface area contributed by atoms with Crippen LogP contribution in [0.1, 0.15) is 13.3 Å². The first-order chi connectivity index (χ1) is 6.39. The van der Waals surface area contributed by atoms with E-state index in [0.29, 0.717) is 0 Å². The molecule has 0 amide bonds. The molecule has 0 fully saturated rings. The lowest BCUT2D eigenvalue weighted by molar-refractivity contribution is -0.150. The molecule has 0 atom stereocenters. The van der Waals surface area contributed by atoms with Crippen molar-refractivity contribution in [2.75, 3.05) is 26.7 Å². The Morgan fingerprint density at radius 3 is 2.36 bits per heavy atom. The Hall–Kier alpha value is -0.780. The molecule has 6 heteroatoms. The quantitative estimate of drug-likeness (QED) is 0.647. The molecule has 0 radical (unpaired) electrons. The fourth-order valence-corrected chi connectivity index (χ4v) is 0.954. The van der Waals surface area contributed by atoms with E-state index < -0.39 is 18.7 Å². The van der Waals surface area contributed by atoms with Gasteiger partial charge in [-0.1, -0.05) is 6.92 Å². The summed E-state index contributed by atoms with van der Waals surface area (Å²) in [4.78, 5) is 11.8. The zero-order valence-electron chi connectivity index (χ0n) is 8.23. The van der Waals surface area contributed by atoms with E-state index in [2.05, 4.69) is 4.74 Å². The molecule has 0 spiro atoms. The molecule has 0 bridgehead atoms. The van der Waals surface area contributed by atoms with Crippen LogP contribution in [0.4, 0.5) is 13.2 Å². The molecule has 0 rings (SSSR count). The minimum absolute atomic E-state index is 0.0135. The molecule has 84 valence electrons. The topological polar surface area (TPSA) is 29.5 Å². The lowest BCUT2D eigenvalue weighted by Crippen LogP contribution is -2.35. The second-order valence-electron chi connectivity index (χ2n) is 2.81. The van der Waals surface area contributed by atoms with Gasteiger partial charge in [0.25, 0.3) is 0 Å². The van der Waals surface area contributed by atoms with Crippen molar-refractivity contribution in [3.63, 3.8) is 0 Å². The van der Waals surface area contributed by atoms with Gasteiger partial charge in [0, 0.05) is 6.54 Å². The zero-order chi connectivity index (χ0) is 11.2.